The summed E-state index contributed by atoms with van der Waals surface area (Å²) in [5, 5.41) is 3.59. The molecule has 2 heterocycles. The van der Waals surface area contributed by atoms with E-state index in [9.17, 15) is 13.2 Å². The fourth-order valence-electron chi connectivity index (χ4n) is 4.31. The summed E-state index contributed by atoms with van der Waals surface area (Å²) in [5.41, 5.74) is 8.08. The zero-order valence-corrected chi connectivity index (χ0v) is 20.4. The van der Waals surface area contributed by atoms with E-state index in [2.05, 4.69) is 15.1 Å². The molecule has 0 saturated carbocycles. The standard InChI is InChI=1S/C27H26N4O3S/c1-18-4-3-5-19(10-18)13-30-35(33,34)17-20-6-7-21-8-9-26-25(27(32)24(21)11-20)12-22(14-28-26)23-15-29-31(2)16-23/h3-12,14,16,29-30H,13,15,17H2,1-2H3. The molecule has 0 unspecified atom stereocenters. The third-order valence-corrected chi connectivity index (χ3v) is 7.42. The van der Waals surface area contributed by atoms with E-state index in [4.69, 9.17) is 0 Å². The van der Waals surface area contributed by atoms with Gasteiger partial charge in [0.1, 0.15) is 0 Å². The monoisotopic (exact) mass is 486 g/mol. The minimum atomic E-state index is -3.59. The molecule has 4 aromatic rings. The first-order valence-electron chi connectivity index (χ1n) is 11.3. The molecule has 178 valence electrons. The van der Waals surface area contributed by atoms with Crippen molar-refractivity contribution >= 4 is 37.3 Å². The van der Waals surface area contributed by atoms with Crippen LogP contribution in [0.15, 0.2) is 77.9 Å². The Labute approximate surface area is 204 Å². The molecule has 35 heavy (non-hydrogen) atoms. The Morgan fingerprint density at radius 1 is 1.03 bits per heavy atom. The molecule has 0 saturated heterocycles. The first-order chi connectivity index (χ1) is 16.8. The number of hydrazine groups is 1. The average Bonchev–Trinajstić information content (AvgIpc) is 3.22. The fraction of sp³-hybridized carbons (Fsp3) is 0.185. The molecule has 0 aliphatic carbocycles. The summed E-state index contributed by atoms with van der Waals surface area (Å²) in [5.74, 6) is -0.209. The number of nitrogens with one attached hydrogen (secondary N) is 2. The van der Waals surface area contributed by atoms with Gasteiger partial charge >= 0.3 is 0 Å². The van der Waals surface area contributed by atoms with Gasteiger partial charge in [0.2, 0.25) is 10.0 Å². The topological polar surface area (TPSA) is 91.4 Å². The van der Waals surface area contributed by atoms with Crippen molar-refractivity contribution in [3.05, 3.63) is 106 Å². The summed E-state index contributed by atoms with van der Waals surface area (Å²) in [6, 6.07) is 18.5. The highest BCUT2D eigenvalue weighted by Crippen LogP contribution is 2.22. The van der Waals surface area contributed by atoms with Crippen LogP contribution in [-0.2, 0) is 22.3 Å². The maximum absolute atomic E-state index is 13.5. The smallest absolute Gasteiger partial charge is 0.216 e. The van der Waals surface area contributed by atoms with E-state index in [1.54, 1.807) is 24.4 Å². The number of rotatable bonds is 6. The van der Waals surface area contributed by atoms with Gasteiger partial charge in [-0.3, -0.25) is 9.78 Å². The molecular formula is C27H26N4O3S. The second-order valence-corrected chi connectivity index (χ2v) is 10.7. The van der Waals surface area contributed by atoms with Crippen LogP contribution in [0.4, 0.5) is 0 Å². The molecule has 5 rings (SSSR count). The van der Waals surface area contributed by atoms with Gasteiger partial charge in [0.15, 0.2) is 5.43 Å². The van der Waals surface area contributed by atoms with E-state index in [-0.39, 0.29) is 17.7 Å². The SMILES string of the molecule is Cc1cccc(CNS(=O)(=O)Cc2ccc3ccc4ncc(C5=CN(C)NC5)cc4c(=O)c3c2)c1. The summed E-state index contributed by atoms with van der Waals surface area (Å²) in [6.07, 6.45) is 3.75. The van der Waals surface area contributed by atoms with Crippen LogP contribution >= 0.6 is 0 Å². The molecule has 2 N–H and O–H groups in total. The second kappa shape index (κ2) is 9.22. The van der Waals surface area contributed by atoms with E-state index in [1.807, 2.05) is 67.6 Å². The van der Waals surface area contributed by atoms with Gasteiger partial charge in [0.25, 0.3) is 0 Å². The molecule has 8 heteroatoms. The summed E-state index contributed by atoms with van der Waals surface area (Å²) in [4.78, 5) is 18.1. The number of pyridine rings is 1. The normalized spacial score (nSPS) is 14.0. The molecule has 0 amide bonds. The number of hydrogen-bond acceptors (Lipinski definition) is 6. The quantitative estimate of drug-likeness (QED) is 0.434. The average molecular weight is 487 g/mol. The Morgan fingerprint density at radius 2 is 1.86 bits per heavy atom. The van der Waals surface area contributed by atoms with E-state index in [0.29, 0.717) is 28.4 Å². The van der Waals surface area contributed by atoms with Gasteiger partial charge < -0.3 is 5.01 Å². The molecule has 0 bridgehead atoms. The Bertz CT molecular complexity index is 1650. The van der Waals surface area contributed by atoms with Crippen LogP contribution in [-0.4, -0.2) is 32.0 Å². The van der Waals surface area contributed by atoms with Crippen LogP contribution in [0, 0.1) is 6.92 Å². The van der Waals surface area contributed by atoms with Crippen molar-refractivity contribution in [1.29, 1.82) is 0 Å². The Kier molecular flexibility index (Phi) is 6.10. The van der Waals surface area contributed by atoms with E-state index in [0.717, 1.165) is 27.6 Å². The lowest BCUT2D eigenvalue weighted by Gasteiger charge is -2.08. The Balaban J connectivity index is 1.48. The largest absolute Gasteiger partial charge is 0.318 e. The third-order valence-electron chi connectivity index (χ3n) is 6.12. The number of hydrogen-bond donors (Lipinski definition) is 2. The van der Waals surface area contributed by atoms with Gasteiger partial charge in [-0.25, -0.2) is 18.6 Å². The van der Waals surface area contributed by atoms with Crippen molar-refractivity contribution < 1.29 is 8.42 Å². The highest BCUT2D eigenvalue weighted by atomic mass is 32.2. The Hall–Kier alpha value is -3.59. The maximum Gasteiger partial charge on any atom is 0.216 e. The summed E-state index contributed by atoms with van der Waals surface area (Å²) in [6.45, 7) is 2.85. The Morgan fingerprint density at radius 3 is 2.63 bits per heavy atom. The van der Waals surface area contributed by atoms with Gasteiger partial charge in [0, 0.05) is 43.3 Å². The lowest BCUT2D eigenvalue weighted by molar-refractivity contribution is 0.374. The van der Waals surface area contributed by atoms with E-state index >= 15 is 0 Å². The summed E-state index contributed by atoms with van der Waals surface area (Å²) >= 11 is 0. The third kappa shape index (κ3) is 5.09. The van der Waals surface area contributed by atoms with Gasteiger partial charge in [-0.05, 0) is 52.8 Å². The number of nitrogens with zero attached hydrogens (tertiary/aromatic N) is 2. The molecule has 0 fully saturated rings. The van der Waals surface area contributed by atoms with Crippen molar-refractivity contribution in [1.82, 2.24) is 20.1 Å². The zero-order chi connectivity index (χ0) is 24.6. The van der Waals surface area contributed by atoms with Crippen molar-refractivity contribution in [2.75, 3.05) is 13.6 Å². The predicted molar refractivity (Wildman–Crippen MR) is 140 cm³/mol. The van der Waals surface area contributed by atoms with E-state index in [1.165, 1.54) is 0 Å². The molecule has 1 aromatic heterocycles. The number of aryl methyl sites for hydroxylation is 1. The highest BCUT2D eigenvalue weighted by Gasteiger charge is 2.15. The number of aromatic nitrogens is 1. The van der Waals surface area contributed by atoms with Gasteiger partial charge in [-0.15, -0.1) is 0 Å². The van der Waals surface area contributed by atoms with Crippen LogP contribution < -0.4 is 15.6 Å². The molecule has 0 atom stereocenters. The molecule has 1 aliphatic heterocycles. The highest BCUT2D eigenvalue weighted by molar-refractivity contribution is 7.88. The second-order valence-electron chi connectivity index (χ2n) is 8.91. The lowest BCUT2D eigenvalue weighted by atomic mass is 10.1. The maximum atomic E-state index is 13.5. The van der Waals surface area contributed by atoms with Gasteiger partial charge in [0.05, 0.1) is 11.3 Å². The van der Waals surface area contributed by atoms with Crippen molar-refractivity contribution in [2.45, 2.75) is 19.2 Å². The fourth-order valence-corrected chi connectivity index (χ4v) is 5.42. The van der Waals surface area contributed by atoms with Crippen LogP contribution in [0.3, 0.4) is 0 Å². The first kappa shape index (κ1) is 23.2. The van der Waals surface area contributed by atoms with Crippen LogP contribution in [0.2, 0.25) is 0 Å². The minimum Gasteiger partial charge on any atom is -0.318 e. The van der Waals surface area contributed by atoms with Gasteiger partial charge in [-0.1, -0.05) is 48.0 Å². The first-order valence-corrected chi connectivity index (χ1v) is 13.0. The number of sulfonamides is 1. The van der Waals surface area contributed by atoms with E-state index < -0.39 is 10.0 Å². The number of fused-ring (bicyclic) bond motifs is 2. The molecule has 0 radical (unpaired) electrons. The van der Waals surface area contributed by atoms with Crippen LogP contribution in [0.1, 0.15) is 22.3 Å². The summed E-state index contributed by atoms with van der Waals surface area (Å²) in [7, 11) is -1.68. The summed E-state index contributed by atoms with van der Waals surface area (Å²) < 4.78 is 28.2. The lowest BCUT2D eigenvalue weighted by Crippen LogP contribution is -2.24. The molecule has 1 aliphatic rings. The van der Waals surface area contributed by atoms with Crippen molar-refractivity contribution in [2.24, 2.45) is 0 Å². The molecule has 0 spiro atoms. The van der Waals surface area contributed by atoms with Gasteiger partial charge in [-0.2, -0.15) is 0 Å². The minimum absolute atomic E-state index is 0.166. The predicted octanol–water partition coefficient (Wildman–Crippen LogP) is 3.47. The zero-order valence-electron chi connectivity index (χ0n) is 19.6. The van der Waals surface area contributed by atoms with Crippen molar-refractivity contribution in [3.63, 3.8) is 0 Å². The molecule has 7 nitrogen and oxygen atoms in total. The van der Waals surface area contributed by atoms with Crippen LogP contribution in [0.5, 0.6) is 0 Å². The van der Waals surface area contributed by atoms with Crippen molar-refractivity contribution in [3.8, 4) is 0 Å². The number of benzene rings is 2. The molecule has 3 aromatic carbocycles. The molecular weight excluding hydrogens is 460 g/mol. The van der Waals surface area contributed by atoms with Crippen LogP contribution in [0.25, 0.3) is 27.2 Å².